The topological polar surface area (TPSA) is 26.0 Å². The highest BCUT2D eigenvalue weighted by atomic mass is 14.6. The zero-order valence-electron chi connectivity index (χ0n) is 9.79. The van der Waals surface area contributed by atoms with Gasteiger partial charge in [0.15, 0.2) is 0 Å². The van der Waals surface area contributed by atoms with Gasteiger partial charge in [-0.2, -0.15) is 0 Å². The highest BCUT2D eigenvalue weighted by molar-refractivity contribution is 5.52. The van der Waals surface area contributed by atoms with Crippen molar-refractivity contribution in [3.05, 3.63) is 29.3 Å². The number of aryl methyl sites for hydroxylation is 1. The van der Waals surface area contributed by atoms with E-state index in [9.17, 15) is 0 Å². The summed E-state index contributed by atoms with van der Waals surface area (Å²) in [7, 11) is 0. The number of benzene rings is 1. The lowest BCUT2D eigenvalue weighted by Gasteiger charge is -2.29. The highest BCUT2D eigenvalue weighted by Crippen LogP contribution is 2.39. The molecule has 2 atom stereocenters. The molecule has 1 fully saturated rings. The molecule has 0 aliphatic heterocycles. The van der Waals surface area contributed by atoms with E-state index < -0.39 is 0 Å². The molecule has 0 saturated heterocycles. The standard InChI is InChI=1S/C14H21N/c1-10-5-3-7-12(9-10)14-11(2)6-4-8-13(14)15/h4,6,8,10,12H,3,5,7,9,15H2,1-2H3/t10-,12-/m1/s1. The molecule has 1 aliphatic carbocycles. The second kappa shape index (κ2) is 4.26. The number of nitrogens with two attached hydrogens (primary N) is 1. The van der Waals surface area contributed by atoms with E-state index in [-0.39, 0.29) is 0 Å². The number of hydrogen-bond acceptors (Lipinski definition) is 1. The van der Waals surface area contributed by atoms with Crippen LogP contribution >= 0.6 is 0 Å². The molecule has 1 aromatic rings. The van der Waals surface area contributed by atoms with Gasteiger partial charge in [0.05, 0.1) is 0 Å². The van der Waals surface area contributed by atoms with Gasteiger partial charge in [0.25, 0.3) is 0 Å². The quantitative estimate of drug-likeness (QED) is 0.689. The third kappa shape index (κ3) is 2.17. The Hall–Kier alpha value is -0.980. The number of rotatable bonds is 1. The molecule has 0 heterocycles. The van der Waals surface area contributed by atoms with Gasteiger partial charge in [-0.25, -0.2) is 0 Å². The van der Waals surface area contributed by atoms with Crippen molar-refractivity contribution < 1.29 is 0 Å². The van der Waals surface area contributed by atoms with Crippen molar-refractivity contribution in [2.75, 3.05) is 5.73 Å². The van der Waals surface area contributed by atoms with Crippen LogP contribution in [0.1, 0.15) is 49.7 Å². The first-order valence-electron chi connectivity index (χ1n) is 6.03. The molecule has 1 aliphatic rings. The van der Waals surface area contributed by atoms with Crippen molar-refractivity contribution in [3.8, 4) is 0 Å². The summed E-state index contributed by atoms with van der Waals surface area (Å²) in [5, 5.41) is 0. The molecule has 1 aromatic carbocycles. The first-order chi connectivity index (χ1) is 7.18. The molecular formula is C14H21N. The van der Waals surface area contributed by atoms with Crippen LogP contribution in [0.25, 0.3) is 0 Å². The van der Waals surface area contributed by atoms with Crippen LogP contribution in [0.15, 0.2) is 18.2 Å². The lowest BCUT2D eigenvalue weighted by Crippen LogP contribution is -2.14. The van der Waals surface area contributed by atoms with Crippen molar-refractivity contribution in [2.24, 2.45) is 5.92 Å². The Kier molecular flexibility index (Phi) is 2.99. The normalized spacial score (nSPS) is 26.5. The Labute approximate surface area is 92.7 Å². The molecule has 82 valence electrons. The summed E-state index contributed by atoms with van der Waals surface area (Å²) in [6.45, 7) is 4.55. The van der Waals surface area contributed by atoms with Gasteiger partial charge in [-0.1, -0.05) is 31.9 Å². The smallest absolute Gasteiger partial charge is 0.0352 e. The summed E-state index contributed by atoms with van der Waals surface area (Å²) in [4.78, 5) is 0. The molecule has 1 heteroatoms. The van der Waals surface area contributed by atoms with Gasteiger partial charge in [0, 0.05) is 5.69 Å². The maximum absolute atomic E-state index is 6.10. The summed E-state index contributed by atoms with van der Waals surface area (Å²) < 4.78 is 0. The number of anilines is 1. The molecule has 0 aromatic heterocycles. The molecular weight excluding hydrogens is 182 g/mol. The van der Waals surface area contributed by atoms with Crippen LogP contribution in [-0.4, -0.2) is 0 Å². The zero-order valence-corrected chi connectivity index (χ0v) is 9.79. The Balaban J connectivity index is 2.28. The van der Waals surface area contributed by atoms with Crippen molar-refractivity contribution >= 4 is 5.69 Å². The Morgan fingerprint density at radius 1 is 1.27 bits per heavy atom. The van der Waals surface area contributed by atoms with Gasteiger partial charge in [0.2, 0.25) is 0 Å². The average Bonchev–Trinajstić information content (AvgIpc) is 2.17. The summed E-state index contributed by atoms with van der Waals surface area (Å²) in [6, 6.07) is 6.28. The first-order valence-corrected chi connectivity index (χ1v) is 6.03. The lowest BCUT2D eigenvalue weighted by atomic mass is 9.77. The molecule has 0 spiro atoms. The monoisotopic (exact) mass is 203 g/mol. The molecule has 0 radical (unpaired) electrons. The van der Waals surface area contributed by atoms with Crippen LogP contribution in [-0.2, 0) is 0 Å². The maximum atomic E-state index is 6.10. The fourth-order valence-corrected chi connectivity index (χ4v) is 2.96. The van der Waals surface area contributed by atoms with Gasteiger partial charge in [-0.3, -0.25) is 0 Å². The van der Waals surface area contributed by atoms with E-state index in [1.165, 1.54) is 36.8 Å². The van der Waals surface area contributed by atoms with Crippen molar-refractivity contribution in [1.29, 1.82) is 0 Å². The van der Waals surface area contributed by atoms with Crippen molar-refractivity contribution in [3.63, 3.8) is 0 Å². The fourth-order valence-electron chi connectivity index (χ4n) is 2.96. The molecule has 0 bridgehead atoms. The van der Waals surface area contributed by atoms with Crippen LogP contribution in [0.3, 0.4) is 0 Å². The average molecular weight is 203 g/mol. The molecule has 1 saturated carbocycles. The molecule has 2 rings (SSSR count). The fraction of sp³-hybridized carbons (Fsp3) is 0.571. The van der Waals surface area contributed by atoms with Gasteiger partial charge in [0.1, 0.15) is 0 Å². The van der Waals surface area contributed by atoms with Crippen molar-refractivity contribution in [1.82, 2.24) is 0 Å². The Morgan fingerprint density at radius 2 is 2.07 bits per heavy atom. The molecule has 0 amide bonds. The van der Waals surface area contributed by atoms with E-state index >= 15 is 0 Å². The molecule has 2 N–H and O–H groups in total. The molecule has 0 unspecified atom stereocenters. The van der Waals surface area contributed by atoms with E-state index in [1.54, 1.807) is 0 Å². The summed E-state index contributed by atoms with van der Waals surface area (Å²) >= 11 is 0. The molecule has 1 nitrogen and oxygen atoms in total. The van der Waals surface area contributed by atoms with Crippen LogP contribution in [0.5, 0.6) is 0 Å². The van der Waals surface area contributed by atoms with E-state index in [0.717, 1.165) is 11.6 Å². The van der Waals surface area contributed by atoms with Crippen LogP contribution in [0.4, 0.5) is 5.69 Å². The number of hydrogen-bond donors (Lipinski definition) is 1. The lowest BCUT2D eigenvalue weighted by molar-refractivity contribution is 0.344. The van der Waals surface area contributed by atoms with E-state index in [1.807, 2.05) is 6.07 Å². The third-order valence-corrected chi connectivity index (χ3v) is 3.70. The minimum absolute atomic E-state index is 0.704. The van der Waals surface area contributed by atoms with Gasteiger partial charge in [-0.05, 0) is 48.8 Å². The predicted octanol–water partition coefficient (Wildman–Crippen LogP) is 3.87. The van der Waals surface area contributed by atoms with Crippen LogP contribution < -0.4 is 5.73 Å². The third-order valence-electron chi connectivity index (χ3n) is 3.70. The van der Waals surface area contributed by atoms with E-state index in [4.69, 9.17) is 5.73 Å². The first kappa shape index (κ1) is 10.5. The van der Waals surface area contributed by atoms with E-state index in [0.29, 0.717) is 5.92 Å². The highest BCUT2D eigenvalue weighted by Gasteiger charge is 2.22. The summed E-state index contributed by atoms with van der Waals surface area (Å²) in [6.07, 6.45) is 5.39. The van der Waals surface area contributed by atoms with E-state index in [2.05, 4.69) is 26.0 Å². The largest absolute Gasteiger partial charge is 0.398 e. The molecule has 15 heavy (non-hydrogen) atoms. The van der Waals surface area contributed by atoms with Crippen LogP contribution in [0, 0.1) is 12.8 Å². The second-order valence-corrected chi connectivity index (χ2v) is 5.05. The second-order valence-electron chi connectivity index (χ2n) is 5.05. The minimum atomic E-state index is 0.704. The Bertz CT molecular complexity index is 323. The van der Waals surface area contributed by atoms with Gasteiger partial charge < -0.3 is 5.73 Å². The predicted molar refractivity (Wildman–Crippen MR) is 66.0 cm³/mol. The van der Waals surface area contributed by atoms with Gasteiger partial charge in [-0.15, -0.1) is 0 Å². The van der Waals surface area contributed by atoms with Crippen molar-refractivity contribution in [2.45, 2.75) is 45.4 Å². The summed E-state index contributed by atoms with van der Waals surface area (Å²) in [5.74, 6) is 1.57. The Morgan fingerprint density at radius 3 is 2.73 bits per heavy atom. The number of nitrogen functional groups attached to an aromatic ring is 1. The zero-order chi connectivity index (χ0) is 10.8. The van der Waals surface area contributed by atoms with Crippen LogP contribution in [0.2, 0.25) is 0 Å². The SMILES string of the molecule is Cc1cccc(N)c1[C@@H]1CCC[C@@H](C)C1. The summed E-state index contributed by atoms with van der Waals surface area (Å²) in [5.41, 5.74) is 9.88. The maximum Gasteiger partial charge on any atom is 0.0352 e. The minimum Gasteiger partial charge on any atom is -0.398 e. The van der Waals surface area contributed by atoms with Gasteiger partial charge >= 0.3 is 0 Å².